The fraction of sp³-hybridized carbons (Fsp3) is 0.185. The van der Waals surface area contributed by atoms with Gasteiger partial charge >= 0.3 is 0 Å². The van der Waals surface area contributed by atoms with Crippen molar-refractivity contribution in [3.8, 4) is 17.2 Å². The number of nitro groups is 1. The molecule has 0 radical (unpaired) electrons. The number of benzene rings is 2. The first-order chi connectivity index (χ1) is 17.8. The number of hydrogen-bond donors (Lipinski definition) is 2. The molecule has 0 spiro atoms. The van der Waals surface area contributed by atoms with Crippen LogP contribution in [0.25, 0.3) is 5.69 Å². The zero-order valence-corrected chi connectivity index (χ0v) is 21.3. The number of methoxy groups -OCH3 is 1. The molecule has 9 nitrogen and oxygen atoms in total. The standard InChI is InChI=1S/C27H25N5O4S/c1-16-14-19(17(2)30(16)21-12-11-18(36-3)15-23(21)32(34)35)26-25(20-8-6-7-13-28-20)29-27(37)31(26)22-9-4-5-10-24(22)33/h4-15,25-26,33H,1-3H3,(H,29,37)/t25-,26-/m0/s1. The van der Waals surface area contributed by atoms with Crippen LogP contribution in [0.15, 0.2) is 72.9 Å². The number of nitro benzene ring substituents is 1. The second-order valence-electron chi connectivity index (χ2n) is 8.76. The number of phenolic OH excluding ortho intramolecular Hbond substituents is 1. The van der Waals surface area contributed by atoms with Gasteiger partial charge in [0, 0.05) is 17.6 Å². The smallest absolute Gasteiger partial charge is 0.296 e. The fourth-order valence-electron chi connectivity index (χ4n) is 5.02. The number of aryl methyl sites for hydroxylation is 1. The van der Waals surface area contributed by atoms with Gasteiger partial charge in [-0.3, -0.25) is 15.1 Å². The summed E-state index contributed by atoms with van der Waals surface area (Å²) in [4.78, 5) is 18.0. The molecule has 1 fully saturated rings. The monoisotopic (exact) mass is 515 g/mol. The van der Waals surface area contributed by atoms with Gasteiger partial charge in [0.15, 0.2) is 5.11 Å². The number of aromatic hydroxyl groups is 1. The van der Waals surface area contributed by atoms with Crippen molar-refractivity contribution in [3.63, 3.8) is 0 Å². The van der Waals surface area contributed by atoms with E-state index in [1.807, 2.05) is 59.7 Å². The number of para-hydroxylation sites is 2. The molecule has 0 bridgehead atoms. The normalized spacial score (nSPS) is 17.1. The minimum Gasteiger partial charge on any atom is -0.506 e. The van der Waals surface area contributed by atoms with Crippen molar-refractivity contribution in [2.75, 3.05) is 12.0 Å². The lowest BCUT2D eigenvalue weighted by molar-refractivity contribution is -0.384. The van der Waals surface area contributed by atoms with Crippen molar-refractivity contribution < 1.29 is 14.8 Å². The molecule has 0 saturated carbocycles. The van der Waals surface area contributed by atoms with E-state index in [-0.39, 0.29) is 23.5 Å². The van der Waals surface area contributed by atoms with Crippen LogP contribution in [0.2, 0.25) is 0 Å². The van der Waals surface area contributed by atoms with E-state index in [0.29, 0.717) is 22.2 Å². The Morgan fingerprint density at radius 2 is 1.84 bits per heavy atom. The molecular formula is C27H25N5O4S. The van der Waals surface area contributed by atoms with Gasteiger partial charge in [-0.2, -0.15) is 0 Å². The predicted molar refractivity (Wildman–Crippen MR) is 144 cm³/mol. The van der Waals surface area contributed by atoms with Gasteiger partial charge in [0.25, 0.3) is 5.69 Å². The number of pyridine rings is 1. The highest BCUT2D eigenvalue weighted by molar-refractivity contribution is 7.80. The van der Waals surface area contributed by atoms with E-state index in [2.05, 4.69) is 10.3 Å². The number of ether oxygens (including phenoxy) is 1. The number of rotatable bonds is 6. The summed E-state index contributed by atoms with van der Waals surface area (Å²) < 4.78 is 7.09. The molecule has 2 aromatic carbocycles. The molecule has 2 aromatic heterocycles. The van der Waals surface area contributed by atoms with Crippen LogP contribution in [0.1, 0.15) is 34.7 Å². The van der Waals surface area contributed by atoms with Crippen molar-refractivity contribution in [2.45, 2.75) is 25.9 Å². The minimum atomic E-state index is -0.409. The molecule has 4 aromatic rings. The lowest BCUT2D eigenvalue weighted by Crippen LogP contribution is -2.29. The van der Waals surface area contributed by atoms with Crippen molar-refractivity contribution in [1.82, 2.24) is 14.9 Å². The maximum absolute atomic E-state index is 12.0. The number of phenols is 1. The van der Waals surface area contributed by atoms with Crippen LogP contribution in [0.4, 0.5) is 11.4 Å². The number of nitrogens with zero attached hydrogens (tertiary/aromatic N) is 4. The summed E-state index contributed by atoms with van der Waals surface area (Å²) in [5.74, 6) is 0.502. The lowest BCUT2D eigenvalue weighted by Gasteiger charge is -2.28. The van der Waals surface area contributed by atoms with Crippen LogP contribution in [0, 0.1) is 24.0 Å². The number of anilines is 1. The number of nitrogens with one attached hydrogen (secondary N) is 1. The quantitative estimate of drug-likeness (QED) is 0.203. The molecule has 188 valence electrons. The Morgan fingerprint density at radius 3 is 2.51 bits per heavy atom. The van der Waals surface area contributed by atoms with Gasteiger partial charge in [-0.15, -0.1) is 0 Å². The average molecular weight is 516 g/mol. The van der Waals surface area contributed by atoms with Gasteiger partial charge in [-0.1, -0.05) is 18.2 Å². The van der Waals surface area contributed by atoms with Crippen molar-refractivity contribution in [1.29, 1.82) is 0 Å². The predicted octanol–water partition coefficient (Wildman–Crippen LogP) is 5.29. The minimum absolute atomic E-state index is 0.0633. The third-order valence-electron chi connectivity index (χ3n) is 6.65. The van der Waals surface area contributed by atoms with Crippen LogP contribution in [-0.4, -0.2) is 31.8 Å². The van der Waals surface area contributed by atoms with Gasteiger partial charge in [0.1, 0.15) is 17.2 Å². The SMILES string of the molecule is COc1ccc(-n2c(C)cc([C@H]3[C@H](c4ccccn4)NC(=S)N3c3ccccc3O)c2C)c([N+](=O)[O-])c1. The molecule has 0 aliphatic carbocycles. The van der Waals surface area contributed by atoms with E-state index >= 15 is 0 Å². The summed E-state index contributed by atoms with van der Waals surface area (Å²) in [5, 5.41) is 26.5. The maximum Gasteiger partial charge on any atom is 0.296 e. The van der Waals surface area contributed by atoms with Crippen molar-refractivity contribution >= 4 is 28.7 Å². The molecule has 0 amide bonds. The lowest BCUT2D eigenvalue weighted by atomic mass is 9.96. The van der Waals surface area contributed by atoms with Crippen LogP contribution in [-0.2, 0) is 0 Å². The first kappa shape index (κ1) is 24.3. The second-order valence-corrected chi connectivity index (χ2v) is 9.15. The first-order valence-electron chi connectivity index (χ1n) is 11.6. The van der Waals surface area contributed by atoms with E-state index in [9.17, 15) is 15.2 Å². The molecule has 2 N–H and O–H groups in total. The molecule has 2 atom stereocenters. The van der Waals surface area contributed by atoms with Gasteiger partial charge in [-0.25, -0.2) is 0 Å². The molecule has 3 heterocycles. The number of thiocarbonyl (C=S) groups is 1. The summed E-state index contributed by atoms with van der Waals surface area (Å²) in [7, 11) is 1.48. The zero-order valence-electron chi connectivity index (χ0n) is 20.5. The van der Waals surface area contributed by atoms with Crippen LogP contribution >= 0.6 is 12.2 Å². The third kappa shape index (κ3) is 4.15. The number of hydrogen-bond acceptors (Lipinski definition) is 6. The van der Waals surface area contributed by atoms with Gasteiger partial charge in [0.05, 0.1) is 41.6 Å². The number of aromatic nitrogens is 2. The topological polar surface area (TPSA) is 106 Å². The molecule has 0 unspecified atom stereocenters. The highest BCUT2D eigenvalue weighted by Crippen LogP contribution is 2.46. The summed E-state index contributed by atoms with van der Waals surface area (Å²) >= 11 is 5.76. The van der Waals surface area contributed by atoms with Gasteiger partial charge < -0.3 is 24.6 Å². The third-order valence-corrected chi connectivity index (χ3v) is 6.96. The molecule has 10 heteroatoms. The van der Waals surface area contributed by atoms with Crippen LogP contribution in [0.3, 0.4) is 0 Å². The Morgan fingerprint density at radius 1 is 1.08 bits per heavy atom. The Balaban J connectivity index is 1.72. The van der Waals surface area contributed by atoms with E-state index in [1.165, 1.54) is 13.2 Å². The van der Waals surface area contributed by atoms with E-state index in [4.69, 9.17) is 17.0 Å². The fourth-order valence-corrected chi connectivity index (χ4v) is 5.36. The maximum atomic E-state index is 12.0. The summed E-state index contributed by atoms with van der Waals surface area (Å²) in [6, 6.07) is 18.8. The van der Waals surface area contributed by atoms with Crippen molar-refractivity contribution in [3.05, 3.63) is 106 Å². The van der Waals surface area contributed by atoms with Crippen LogP contribution in [0.5, 0.6) is 11.5 Å². The highest BCUT2D eigenvalue weighted by atomic mass is 32.1. The van der Waals surface area contributed by atoms with Gasteiger partial charge in [-0.05, 0) is 74.1 Å². The van der Waals surface area contributed by atoms with E-state index in [1.54, 1.807) is 30.5 Å². The highest BCUT2D eigenvalue weighted by Gasteiger charge is 2.43. The summed E-state index contributed by atoms with van der Waals surface area (Å²) in [6.07, 6.45) is 1.73. The Labute approximate surface area is 219 Å². The Bertz CT molecular complexity index is 1500. The molecular weight excluding hydrogens is 490 g/mol. The Hall–Kier alpha value is -4.44. The molecule has 1 aliphatic rings. The van der Waals surface area contributed by atoms with Crippen LogP contribution < -0.4 is 15.0 Å². The summed E-state index contributed by atoms with van der Waals surface area (Å²) in [6.45, 7) is 3.83. The molecule has 37 heavy (non-hydrogen) atoms. The molecule has 5 rings (SSSR count). The van der Waals surface area contributed by atoms with Gasteiger partial charge in [0.2, 0.25) is 0 Å². The Kier molecular flexibility index (Phi) is 6.26. The molecule has 1 saturated heterocycles. The average Bonchev–Trinajstić information content (AvgIpc) is 3.39. The van der Waals surface area contributed by atoms with Crippen molar-refractivity contribution in [2.24, 2.45) is 0 Å². The summed E-state index contributed by atoms with van der Waals surface area (Å²) in [5.41, 5.74) is 4.24. The zero-order chi connectivity index (χ0) is 26.3. The largest absolute Gasteiger partial charge is 0.506 e. The van der Waals surface area contributed by atoms with E-state index in [0.717, 1.165) is 22.6 Å². The first-order valence-corrected chi connectivity index (χ1v) is 12.0. The molecule has 1 aliphatic heterocycles. The second kappa shape index (κ2) is 9.55. The van der Waals surface area contributed by atoms with E-state index < -0.39 is 4.92 Å².